The number of piperidine rings is 1. The molecule has 0 aromatic heterocycles. The van der Waals surface area contributed by atoms with E-state index in [9.17, 15) is 39.0 Å². The van der Waals surface area contributed by atoms with Crippen LogP contribution in [0.4, 0.5) is 14.4 Å². The number of aromatic hydroxyl groups is 2. The normalized spacial score (nSPS) is 14.3. The first kappa shape index (κ1) is 55.9. The zero-order valence-electron chi connectivity index (χ0n) is 41.7. The van der Waals surface area contributed by atoms with Gasteiger partial charge in [-0.05, 0) is 136 Å². The summed E-state index contributed by atoms with van der Waals surface area (Å²) in [6.07, 6.45) is 3.40. The van der Waals surface area contributed by atoms with Gasteiger partial charge in [0.15, 0.2) is 28.8 Å². The number of ether oxygens (including phenoxy) is 5. The molecule has 1 fully saturated rings. The molecule has 2 aromatic rings. The summed E-state index contributed by atoms with van der Waals surface area (Å²) >= 11 is 0. The Morgan fingerprint density at radius 1 is 0.618 bits per heavy atom. The van der Waals surface area contributed by atoms with Crippen LogP contribution in [0.5, 0.6) is 23.0 Å². The van der Waals surface area contributed by atoms with E-state index in [0.717, 1.165) is 0 Å². The number of hydrogen-bond donors (Lipinski definition) is 4. The van der Waals surface area contributed by atoms with Gasteiger partial charge in [0.1, 0.15) is 16.8 Å². The van der Waals surface area contributed by atoms with Crippen molar-refractivity contribution in [3.05, 3.63) is 58.7 Å². The number of rotatable bonds is 20. The highest BCUT2D eigenvalue weighted by Crippen LogP contribution is 2.31. The van der Waals surface area contributed by atoms with Crippen LogP contribution in [0, 0.1) is 0 Å². The van der Waals surface area contributed by atoms with Crippen molar-refractivity contribution in [3.63, 3.8) is 0 Å². The Kier molecular flexibility index (Phi) is 21.0. The van der Waals surface area contributed by atoms with Gasteiger partial charge in [-0.3, -0.25) is 14.4 Å². The standard InChI is InChI=1S/C50H73N5O13/c1-48(2,3)66-45(61)52-23-15-27-54(47(63)68-50(7,8)9)25-13-12-24-53(46(62)67-49(4,5)6)26-14-22-51-42(58)20-21-43(59)55-32-36(28-34-16-18-38(56)40(30-34)64-10)44(60)37(33-55)29-35-17-19-39(57)41(31-35)65-11/h16-19,28-31,56-57H,12-15,20-27,32-33H2,1-11H3,(H,51,58)(H,52,61)/b36-28+,37-29+. The van der Waals surface area contributed by atoms with Gasteiger partial charge in [0, 0.05) is 76.3 Å². The molecule has 0 atom stereocenters. The Morgan fingerprint density at radius 2 is 1.03 bits per heavy atom. The Labute approximate surface area is 400 Å². The van der Waals surface area contributed by atoms with Crippen molar-refractivity contribution in [2.75, 3.05) is 66.6 Å². The monoisotopic (exact) mass is 952 g/mol. The first-order valence-corrected chi connectivity index (χ1v) is 22.9. The summed E-state index contributed by atoms with van der Waals surface area (Å²) in [5, 5.41) is 25.7. The number of phenols is 2. The number of carbonyl (C=O) groups is 6. The van der Waals surface area contributed by atoms with Crippen molar-refractivity contribution >= 4 is 48.0 Å². The van der Waals surface area contributed by atoms with Crippen molar-refractivity contribution in [3.8, 4) is 23.0 Å². The molecule has 5 amide bonds. The van der Waals surface area contributed by atoms with Gasteiger partial charge >= 0.3 is 18.3 Å². The number of benzene rings is 2. The number of carbonyl (C=O) groups excluding carboxylic acids is 6. The lowest BCUT2D eigenvalue weighted by Crippen LogP contribution is -2.42. The van der Waals surface area contributed by atoms with Gasteiger partial charge in [-0.15, -0.1) is 0 Å². The van der Waals surface area contributed by atoms with Crippen LogP contribution in [-0.4, -0.2) is 144 Å². The molecular formula is C50H73N5O13. The number of amides is 5. The molecule has 1 aliphatic heterocycles. The number of ketones is 1. The fourth-order valence-electron chi connectivity index (χ4n) is 6.77. The number of Topliss-reactive ketones (excluding diaryl/α,β-unsaturated/α-hetero) is 1. The van der Waals surface area contributed by atoms with E-state index in [4.69, 9.17) is 23.7 Å². The molecular weight excluding hydrogens is 879 g/mol. The van der Waals surface area contributed by atoms with E-state index in [1.165, 1.54) is 31.3 Å². The van der Waals surface area contributed by atoms with Gasteiger partial charge in [-0.25, -0.2) is 14.4 Å². The molecule has 0 spiro atoms. The molecule has 0 unspecified atom stereocenters. The molecule has 1 saturated heterocycles. The van der Waals surface area contributed by atoms with Gasteiger partial charge in [0.05, 0.1) is 14.2 Å². The number of hydrogen-bond acceptors (Lipinski definition) is 13. The third-order valence-corrected chi connectivity index (χ3v) is 9.92. The molecule has 1 heterocycles. The highest BCUT2D eigenvalue weighted by Gasteiger charge is 2.30. The van der Waals surface area contributed by atoms with Crippen molar-refractivity contribution in [1.82, 2.24) is 25.3 Å². The number of nitrogens with zero attached hydrogens (tertiary/aromatic N) is 3. The molecule has 3 rings (SSSR count). The minimum absolute atomic E-state index is 0.0222. The van der Waals surface area contributed by atoms with Crippen LogP contribution in [0.2, 0.25) is 0 Å². The van der Waals surface area contributed by atoms with E-state index in [2.05, 4.69) is 10.6 Å². The summed E-state index contributed by atoms with van der Waals surface area (Å²) in [5.41, 5.74) is -0.351. The van der Waals surface area contributed by atoms with Crippen LogP contribution >= 0.6 is 0 Å². The largest absolute Gasteiger partial charge is 0.504 e. The second kappa shape index (κ2) is 25.6. The van der Waals surface area contributed by atoms with Crippen LogP contribution in [0.3, 0.4) is 0 Å². The van der Waals surface area contributed by atoms with Crippen molar-refractivity contribution in [2.24, 2.45) is 0 Å². The summed E-state index contributed by atoms with van der Waals surface area (Å²) in [4.78, 5) is 83.6. The number of alkyl carbamates (subject to hydrolysis) is 1. The lowest BCUT2D eigenvalue weighted by molar-refractivity contribution is -0.133. The van der Waals surface area contributed by atoms with Crippen LogP contribution in [0.1, 0.15) is 112 Å². The van der Waals surface area contributed by atoms with Crippen molar-refractivity contribution in [2.45, 2.75) is 118 Å². The second-order valence-corrected chi connectivity index (χ2v) is 19.4. The lowest BCUT2D eigenvalue weighted by Gasteiger charge is -2.30. The minimum atomic E-state index is -0.746. The highest BCUT2D eigenvalue weighted by molar-refractivity contribution is 6.15. The summed E-state index contributed by atoms with van der Waals surface area (Å²) in [6.45, 7) is 17.8. The molecule has 4 N–H and O–H groups in total. The number of unbranched alkanes of at least 4 members (excludes halogenated alkanes) is 1. The Bertz CT molecular complexity index is 2060. The van der Waals surface area contributed by atoms with E-state index >= 15 is 0 Å². The van der Waals surface area contributed by atoms with Crippen LogP contribution in [-0.2, 0) is 28.6 Å². The third-order valence-electron chi connectivity index (χ3n) is 9.92. The molecule has 376 valence electrons. The molecule has 0 aliphatic carbocycles. The average molecular weight is 952 g/mol. The number of phenolic OH excluding ortho intramolecular Hbond substituents is 2. The fourth-order valence-corrected chi connectivity index (χ4v) is 6.77. The quantitative estimate of drug-likeness (QED) is 0.0576. The summed E-state index contributed by atoms with van der Waals surface area (Å²) in [7, 11) is 2.82. The minimum Gasteiger partial charge on any atom is -0.504 e. The molecule has 18 nitrogen and oxygen atoms in total. The van der Waals surface area contributed by atoms with Gasteiger partial charge in [0.25, 0.3) is 0 Å². The van der Waals surface area contributed by atoms with Crippen LogP contribution in [0.25, 0.3) is 12.2 Å². The zero-order chi connectivity index (χ0) is 50.8. The number of likely N-dealkylation sites (tertiary alicyclic amines) is 1. The van der Waals surface area contributed by atoms with Gasteiger partial charge in [-0.2, -0.15) is 0 Å². The lowest BCUT2D eigenvalue weighted by atomic mass is 9.93. The first-order chi connectivity index (χ1) is 31.8. The number of methoxy groups -OCH3 is 2. The Morgan fingerprint density at radius 3 is 1.44 bits per heavy atom. The predicted molar refractivity (Wildman–Crippen MR) is 257 cm³/mol. The van der Waals surface area contributed by atoms with E-state index in [1.54, 1.807) is 109 Å². The average Bonchev–Trinajstić information content (AvgIpc) is 3.23. The van der Waals surface area contributed by atoms with E-state index in [0.29, 0.717) is 74.1 Å². The molecule has 0 radical (unpaired) electrons. The highest BCUT2D eigenvalue weighted by atomic mass is 16.6. The first-order valence-electron chi connectivity index (χ1n) is 22.9. The summed E-state index contributed by atoms with van der Waals surface area (Å²) in [5.74, 6) is -0.726. The fraction of sp³-hybridized carbons (Fsp3) is 0.560. The maximum absolute atomic E-state index is 13.8. The number of nitrogens with one attached hydrogen (secondary N) is 2. The molecule has 0 saturated carbocycles. The van der Waals surface area contributed by atoms with Gasteiger partial charge in [-0.1, -0.05) is 12.1 Å². The molecule has 68 heavy (non-hydrogen) atoms. The smallest absolute Gasteiger partial charge is 0.410 e. The van der Waals surface area contributed by atoms with E-state index < -0.39 is 35.1 Å². The Hall–Kier alpha value is -6.46. The predicted octanol–water partition coefficient (Wildman–Crippen LogP) is 7.45. The maximum atomic E-state index is 13.8. The SMILES string of the molecule is COc1cc(/C=C2\CN(C(=O)CCC(=O)NCCCN(CCCCN(CCCNC(=O)OC(C)(C)C)C(=O)OC(C)(C)C)C(=O)OC(C)(C)C)C/C(=C\c3ccc(O)c(OC)c3)C2=O)ccc1O. The Balaban J connectivity index is 1.61. The zero-order valence-corrected chi connectivity index (χ0v) is 41.7. The molecule has 0 bridgehead atoms. The molecule has 2 aromatic carbocycles. The van der Waals surface area contributed by atoms with Crippen molar-refractivity contribution in [1.29, 1.82) is 0 Å². The maximum Gasteiger partial charge on any atom is 0.410 e. The van der Waals surface area contributed by atoms with Crippen molar-refractivity contribution < 1.29 is 62.7 Å². The second-order valence-electron chi connectivity index (χ2n) is 19.4. The third kappa shape index (κ3) is 20.2. The summed E-state index contributed by atoms with van der Waals surface area (Å²) < 4.78 is 27.1. The summed E-state index contributed by atoms with van der Waals surface area (Å²) in [6, 6.07) is 9.27. The van der Waals surface area contributed by atoms with Gasteiger partial charge < -0.3 is 59.2 Å². The van der Waals surface area contributed by atoms with Crippen LogP contribution in [0.15, 0.2) is 47.5 Å². The molecule has 18 heteroatoms. The van der Waals surface area contributed by atoms with E-state index in [1.807, 2.05) is 0 Å². The van der Waals surface area contributed by atoms with E-state index in [-0.39, 0.29) is 79.6 Å². The topological polar surface area (TPSA) is 223 Å². The molecule has 1 aliphatic rings. The van der Waals surface area contributed by atoms with Crippen LogP contribution < -0.4 is 20.1 Å². The van der Waals surface area contributed by atoms with Gasteiger partial charge in [0.2, 0.25) is 11.8 Å².